The summed E-state index contributed by atoms with van der Waals surface area (Å²) in [5, 5.41) is 10.1. The lowest BCUT2D eigenvalue weighted by atomic mass is 10.1. The number of nitrogens with zero attached hydrogens (tertiary/aromatic N) is 2. The smallest absolute Gasteiger partial charge is 0.386 e. The summed E-state index contributed by atoms with van der Waals surface area (Å²) in [6, 6.07) is 1.37. The van der Waals surface area contributed by atoms with E-state index in [-0.39, 0.29) is 12.4 Å². The van der Waals surface area contributed by atoms with Crippen LogP contribution < -0.4 is 11.4 Å². The van der Waals surface area contributed by atoms with Gasteiger partial charge in [-0.3, -0.25) is 13.6 Å². The average molecular weight is 305 g/mol. The third kappa shape index (κ3) is 2.26. The third-order valence-corrected chi connectivity index (χ3v) is 4.08. The van der Waals surface area contributed by atoms with E-state index in [0.717, 1.165) is 4.57 Å². The average Bonchev–Trinajstić information content (AvgIpc) is 2.66. The maximum absolute atomic E-state index is 11.7. The number of anilines is 1. The SMILES string of the molecule is Nc1ccn([C@@H]2O[C@@H]3COP(=O)(O)O[C@@H]3[C@@H]2O)c(=O)n1. The fourth-order valence-electron chi connectivity index (χ4n) is 2.19. The lowest BCUT2D eigenvalue weighted by molar-refractivity contribution is -0.0685. The van der Waals surface area contributed by atoms with Gasteiger partial charge in [-0.25, -0.2) is 9.36 Å². The molecule has 3 rings (SSSR count). The van der Waals surface area contributed by atoms with Gasteiger partial charge in [-0.15, -0.1) is 0 Å². The minimum absolute atomic E-state index is 0.0376. The first-order valence-corrected chi connectivity index (χ1v) is 7.21. The number of rotatable bonds is 1. The first kappa shape index (κ1) is 13.7. The van der Waals surface area contributed by atoms with E-state index in [4.69, 9.17) is 15.0 Å². The molecular formula is C9H12N3O7P. The Labute approximate surface area is 112 Å². The molecular weight excluding hydrogens is 293 g/mol. The Hall–Kier alpha value is -1.29. The van der Waals surface area contributed by atoms with Gasteiger partial charge in [-0.1, -0.05) is 0 Å². The standard InChI is InChI=1S/C9H12N3O7P/c10-5-1-2-12(9(14)11-5)8-6(13)7-4(18-8)3-17-20(15,16)19-7/h1-2,4,6-8,13H,3H2,(H,15,16)(H2,10,11,14)/t4-,6+,7+,8-/m1/s1. The molecule has 0 bridgehead atoms. The maximum Gasteiger partial charge on any atom is 0.472 e. The van der Waals surface area contributed by atoms with E-state index in [1.165, 1.54) is 12.3 Å². The molecule has 1 aromatic heterocycles. The first-order chi connectivity index (χ1) is 9.37. The molecule has 11 heteroatoms. The minimum Gasteiger partial charge on any atom is -0.386 e. The summed E-state index contributed by atoms with van der Waals surface area (Å²) in [4.78, 5) is 24.5. The molecule has 2 aliphatic heterocycles. The highest BCUT2D eigenvalue weighted by atomic mass is 31.2. The Bertz CT molecular complexity index is 634. The van der Waals surface area contributed by atoms with Crippen LogP contribution in [0.3, 0.4) is 0 Å². The number of phosphoric ester groups is 1. The van der Waals surface area contributed by atoms with Crippen molar-refractivity contribution in [2.75, 3.05) is 12.3 Å². The largest absolute Gasteiger partial charge is 0.472 e. The van der Waals surface area contributed by atoms with Crippen LogP contribution in [0.1, 0.15) is 6.23 Å². The Morgan fingerprint density at radius 1 is 1.55 bits per heavy atom. The zero-order valence-corrected chi connectivity index (χ0v) is 10.9. The Morgan fingerprint density at radius 3 is 3.00 bits per heavy atom. The molecule has 5 atom stereocenters. The molecule has 3 heterocycles. The van der Waals surface area contributed by atoms with Gasteiger partial charge in [0.2, 0.25) is 0 Å². The van der Waals surface area contributed by atoms with Crippen molar-refractivity contribution in [3.8, 4) is 0 Å². The van der Waals surface area contributed by atoms with Gasteiger partial charge in [0, 0.05) is 6.20 Å². The number of hydrogen-bond donors (Lipinski definition) is 3. The number of phosphoric acid groups is 1. The van der Waals surface area contributed by atoms with Crippen LogP contribution in [0.4, 0.5) is 5.82 Å². The van der Waals surface area contributed by atoms with E-state index in [9.17, 15) is 19.4 Å². The number of fused-ring (bicyclic) bond motifs is 1. The van der Waals surface area contributed by atoms with Crippen LogP contribution >= 0.6 is 7.82 Å². The van der Waals surface area contributed by atoms with Gasteiger partial charge < -0.3 is 20.5 Å². The second-order valence-corrected chi connectivity index (χ2v) is 5.84. The van der Waals surface area contributed by atoms with Crippen LogP contribution in [-0.4, -0.2) is 44.5 Å². The molecule has 2 fully saturated rings. The maximum atomic E-state index is 11.7. The van der Waals surface area contributed by atoms with Gasteiger partial charge in [0.05, 0.1) is 6.61 Å². The second kappa shape index (κ2) is 4.62. The number of nitrogen functional groups attached to an aromatic ring is 1. The summed E-state index contributed by atoms with van der Waals surface area (Å²) in [5.74, 6) is 0.0376. The molecule has 20 heavy (non-hydrogen) atoms. The van der Waals surface area contributed by atoms with Gasteiger partial charge >= 0.3 is 13.5 Å². The minimum atomic E-state index is -4.19. The topological polar surface area (TPSA) is 146 Å². The van der Waals surface area contributed by atoms with Crippen LogP contribution in [0.2, 0.25) is 0 Å². The zero-order valence-electron chi connectivity index (χ0n) is 10.0. The number of nitrogens with two attached hydrogens (primary N) is 1. The number of aliphatic hydroxyl groups excluding tert-OH is 1. The molecule has 110 valence electrons. The number of aliphatic hydroxyl groups is 1. The molecule has 4 N–H and O–H groups in total. The highest BCUT2D eigenvalue weighted by molar-refractivity contribution is 7.47. The third-order valence-electron chi connectivity index (χ3n) is 3.09. The van der Waals surface area contributed by atoms with Crippen molar-refractivity contribution >= 4 is 13.6 Å². The summed E-state index contributed by atoms with van der Waals surface area (Å²) in [6.45, 7) is -0.219. The fraction of sp³-hybridized carbons (Fsp3) is 0.556. The predicted octanol–water partition coefficient (Wildman–Crippen LogP) is -1.40. The summed E-state index contributed by atoms with van der Waals surface area (Å²) in [7, 11) is -4.19. The van der Waals surface area contributed by atoms with Crippen LogP contribution in [0.5, 0.6) is 0 Å². The van der Waals surface area contributed by atoms with Crippen molar-refractivity contribution in [1.29, 1.82) is 0 Å². The molecule has 0 spiro atoms. The molecule has 10 nitrogen and oxygen atoms in total. The monoisotopic (exact) mass is 305 g/mol. The van der Waals surface area contributed by atoms with Crippen molar-refractivity contribution in [2.45, 2.75) is 24.5 Å². The molecule has 0 radical (unpaired) electrons. The lowest BCUT2D eigenvalue weighted by Crippen LogP contribution is -2.40. The van der Waals surface area contributed by atoms with E-state index < -0.39 is 38.1 Å². The number of ether oxygens (including phenoxy) is 1. The van der Waals surface area contributed by atoms with Gasteiger partial charge in [-0.05, 0) is 6.07 Å². The molecule has 0 saturated carbocycles. The van der Waals surface area contributed by atoms with Crippen molar-refractivity contribution < 1.29 is 28.3 Å². The van der Waals surface area contributed by atoms with Gasteiger partial charge in [0.25, 0.3) is 0 Å². The summed E-state index contributed by atoms with van der Waals surface area (Å²) in [6.07, 6.45) is -2.91. The molecule has 2 saturated heterocycles. The van der Waals surface area contributed by atoms with Crippen molar-refractivity contribution in [3.63, 3.8) is 0 Å². The quantitative estimate of drug-likeness (QED) is 0.533. The van der Waals surface area contributed by atoms with Gasteiger partial charge in [-0.2, -0.15) is 4.98 Å². The number of hydrogen-bond acceptors (Lipinski definition) is 8. The Kier molecular flexibility index (Phi) is 3.16. The second-order valence-electron chi connectivity index (χ2n) is 4.43. The van der Waals surface area contributed by atoms with Crippen molar-refractivity contribution in [2.24, 2.45) is 0 Å². The highest BCUT2D eigenvalue weighted by Crippen LogP contribution is 2.52. The van der Waals surface area contributed by atoms with E-state index in [1.54, 1.807) is 0 Å². The summed E-state index contributed by atoms with van der Waals surface area (Å²) < 4.78 is 27.2. The van der Waals surface area contributed by atoms with Gasteiger partial charge in [0.15, 0.2) is 6.23 Å². The van der Waals surface area contributed by atoms with Crippen LogP contribution in [-0.2, 0) is 18.3 Å². The Morgan fingerprint density at radius 2 is 2.30 bits per heavy atom. The molecule has 0 aromatic carbocycles. The van der Waals surface area contributed by atoms with Crippen LogP contribution in [0.15, 0.2) is 17.1 Å². The van der Waals surface area contributed by atoms with Crippen LogP contribution in [0.25, 0.3) is 0 Å². The number of aromatic nitrogens is 2. The zero-order chi connectivity index (χ0) is 14.5. The molecule has 0 amide bonds. The van der Waals surface area contributed by atoms with Crippen molar-refractivity contribution in [3.05, 3.63) is 22.7 Å². The molecule has 1 aromatic rings. The Balaban J connectivity index is 1.90. The van der Waals surface area contributed by atoms with Crippen molar-refractivity contribution in [1.82, 2.24) is 9.55 Å². The van der Waals surface area contributed by atoms with E-state index in [0.29, 0.717) is 0 Å². The fourth-order valence-corrected chi connectivity index (χ4v) is 3.15. The van der Waals surface area contributed by atoms with E-state index >= 15 is 0 Å². The first-order valence-electron chi connectivity index (χ1n) is 5.71. The summed E-state index contributed by atoms with van der Waals surface area (Å²) in [5.41, 5.74) is 4.66. The molecule has 0 aliphatic carbocycles. The normalized spacial score (nSPS) is 40.5. The van der Waals surface area contributed by atoms with Crippen LogP contribution in [0, 0.1) is 0 Å². The molecule has 1 unspecified atom stereocenters. The molecule has 2 aliphatic rings. The highest BCUT2D eigenvalue weighted by Gasteiger charge is 2.52. The lowest BCUT2D eigenvalue weighted by Gasteiger charge is -2.27. The van der Waals surface area contributed by atoms with Gasteiger partial charge in [0.1, 0.15) is 24.1 Å². The summed E-state index contributed by atoms with van der Waals surface area (Å²) >= 11 is 0. The van der Waals surface area contributed by atoms with E-state index in [2.05, 4.69) is 9.51 Å². The van der Waals surface area contributed by atoms with E-state index in [1.807, 2.05) is 0 Å². The predicted molar refractivity (Wildman–Crippen MR) is 63.5 cm³/mol.